The average Bonchev–Trinajstić information content (AvgIpc) is 2.83. The van der Waals surface area contributed by atoms with Crippen molar-refractivity contribution in [2.75, 3.05) is 20.2 Å². The molecule has 1 aliphatic heterocycles. The number of halogens is 2. The van der Waals surface area contributed by atoms with E-state index in [2.05, 4.69) is 5.32 Å². The van der Waals surface area contributed by atoms with Crippen LogP contribution in [0.15, 0.2) is 48.5 Å². The van der Waals surface area contributed by atoms with Crippen molar-refractivity contribution < 1.29 is 27.8 Å². The zero-order valence-corrected chi connectivity index (χ0v) is 22.3. The van der Waals surface area contributed by atoms with Crippen LogP contribution in [0.2, 0.25) is 0 Å². The highest BCUT2D eigenvalue weighted by Crippen LogP contribution is 2.35. The fraction of sp³-hybridized carbons (Fsp3) is 0.448. The van der Waals surface area contributed by atoms with Gasteiger partial charge in [-0.3, -0.25) is 9.69 Å². The monoisotopic (exact) mass is 514 g/mol. The van der Waals surface area contributed by atoms with Gasteiger partial charge in [-0.2, -0.15) is 0 Å². The molecule has 2 aromatic rings. The van der Waals surface area contributed by atoms with E-state index in [0.717, 1.165) is 17.7 Å². The summed E-state index contributed by atoms with van der Waals surface area (Å²) < 4.78 is 39.3. The van der Waals surface area contributed by atoms with Crippen LogP contribution >= 0.6 is 0 Å². The number of benzene rings is 2. The number of ether oxygens (including phenoxy) is 2. The van der Waals surface area contributed by atoms with Gasteiger partial charge in [-0.1, -0.05) is 32.1 Å². The molecule has 8 heteroatoms. The third-order valence-electron chi connectivity index (χ3n) is 6.18. The highest BCUT2D eigenvalue weighted by molar-refractivity contribution is 5.89. The smallest absolute Gasteiger partial charge is 0.408 e. The van der Waals surface area contributed by atoms with Crippen molar-refractivity contribution in [3.05, 3.63) is 71.3 Å². The Bertz CT molecular complexity index is 1160. The fourth-order valence-electron chi connectivity index (χ4n) is 4.41. The van der Waals surface area contributed by atoms with E-state index in [4.69, 9.17) is 9.47 Å². The van der Waals surface area contributed by atoms with Crippen LogP contribution in [0.1, 0.15) is 58.2 Å². The molecule has 1 aliphatic rings. The molecule has 0 spiro atoms. The molecule has 0 bridgehead atoms. The molecule has 0 saturated heterocycles. The van der Waals surface area contributed by atoms with E-state index in [1.165, 1.54) is 6.07 Å². The highest BCUT2D eigenvalue weighted by Gasteiger charge is 2.32. The van der Waals surface area contributed by atoms with Crippen LogP contribution in [0.25, 0.3) is 5.57 Å². The van der Waals surface area contributed by atoms with E-state index in [0.29, 0.717) is 24.3 Å². The Balaban J connectivity index is 1.91. The maximum absolute atomic E-state index is 14.6. The Morgan fingerprint density at radius 2 is 1.86 bits per heavy atom. The number of amides is 1. The van der Waals surface area contributed by atoms with Gasteiger partial charge >= 0.3 is 6.09 Å². The van der Waals surface area contributed by atoms with E-state index < -0.39 is 29.4 Å². The lowest BCUT2D eigenvalue weighted by molar-refractivity contribution is -0.123. The number of hydrogen-bond donors (Lipinski definition) is 1. The second-order valence-electron chi connectivity index (χ2n) is 10.6. The van der Waals surface area contributed by atoms with Crippen molar-refractivity contribution >= 4 is 17.4 Å². The maximum atomic E-state index is 14.6. The van der Waals surface area contributed by atoms with Gasteiger partial charge in [0.05, 0.1) is 25.7 Å². The van der Waals surface area contributed by atoms with Gasteiger partial charge in [0.1, 0.15) is 23.0 Å². The Kier molecular flexibility index (Phi) is 9.07. The van der Waals surface area contributed by atoms with Crippen LogP contribution in [0, 0.1) is 17.6 Å². The van der Waals surface area contributed by atoms with E-state index in [1.54, 1.807) is 27.9 Å². The molecule has 0 aromatic heterocycles. The quantitative estimate of drug-likeness (QED) is 0.474. The molecule has 6 nitrogen and oxygen atoms in total. The topological polar surface area (TPSA) is 67.9 Å². The third-order valence-corrected chi connectivity index (χ3v) is 6.18. The molecule has 0 fully saturated rings. The van der Waals surface area contributed by atoms with Gasteiger partial charge in [-0.05, 0) is 74.6 Å². The number of ketones is 1. The molecule has 2 aromatic carbocycles. The molecule has 0 aliphatic carbocycles. The fourth-order valence-corrected chi connectivity index (χ4v) is 4.41. The van der Waals surface area contributed by atoms with E-state index in [-0.39, 0.29) is 29.9 Å². The highest BCUT2D eigenvalue weighted by atomic mass is 19.1. The minimum Gasteiger partial charge on any atom is -0.497 e. The predicted molar refractivity (Wildman–Crippen MR) is 139 cm³/mol. The summed E-state index contributed by atoms with van der Waals surface area (Å²) in [6, 6.07) is 9.72. The normalized spacial score (nSPS) is 17.2. The summed E-state index contributed by atoms with van der Waals surface area (Å²) in [7, 11) is 1.57. The van der Waals surface area contributed by atoms with E-state index in [1.807, 2.05) is 49.1 Å². The molecular weight excluding hydrogens is 478 g/mol. The van der Waals surface area contributed by atoms with Gasteiger partial charge in [-0.25, -0.2) is 13.6 Å². The average molecular weight is 515 g/mol. The molecule has 0 radical (unpaired) electrons. The third kappa shape index (κ3) is 7.61. The van der Waals surface area contributed by atoms with Crippen molar-refractivity contribution in [1.29, 1.82) is 0 Å². The lowest BCUT2D eigenvalue weighted by Crippen LogP contribution is -2.50. The van der Waals surface area contributed by atoms with Crippen LogP contribution in [0.3, 0.4) is 0 Å². The molecule has 37 heavy (non-hydrogen) atoms. The second-order valence-corrected chi connectivity index (χ2v) is 10.6. The number of nitrogens with zero attached hydrogens (tertiary/aromatic N) is 1. The summed E-state index contributed by atoms with van der Waals surface area (Å²) in [6.07, 6.45) is 1.65. The van der Waals surface area contributed by atoms with Gasteiger partial charge in [-0.15, -0.1) is 0 Å². The number of Topliss-reactive ketones (excluding diaryl/α,β-unsaturated/α-hetero) is 1. The molecule has 3 rings (SSSR count). The molecule has 0 saturated carbocycles. The van der Waals surface area contributed by atoms with Crippen molar-refractivity contribution in [3.63, 3.8) is 0 Å². The minimum atomic E-state index is -0.744. The summed E-state index contributed by atoms with van der Waals surface area (Å²) in [5.74, 6) is -0.688. The largest absolute Gasteiger partial charge is 0.497 e. The van der Waals surface area contributed by atoms with Crippen molar-refractivity contribution in [2.45, 2.75) is 58.7 Å². The first kappa shape index (κ1) is 28.3. The van der Waals surface area contributed by atoms with Crippen molar-refractivity contribution in [2.24, 2.45) is 5.92 Å². The van der Waals surface area contributed by atoms with Gasteiger partial charge in [0, 0.05) is 12.1 Å². The zero-order chi connectivity index (χ0) is 27.3. The standard InChI is InChI=1S/C29H36F2N2O4/c1-18(2)27(32-28(35)37-29(3,4)5)26(34)17-33-13-12-19(23-16-21(30)10-11-24(23)31)15-25(33)20-8-7-9-22(14-20)36-6/h7-11,14-16,18,25,27H,12-13,17H2,1-6H3,(H,32,35)/t25?,27-/m0/s1. The number of methoxy groups -OCH3 is 1. The first-order chi connectivity index (χ1) is 17.4. The lowest BCUT2D eigenvalue weighted by atomic mass is 9.91. The van der Waals surface area contributed by atoms with Gasteiger partial charge < -0.3 is 14.8 Å². The predicted octanol–water partition coefficient (Wildman–Crippen LogP) is 5.92. The van der Waals surface area contributed by atoms with Crippen molar-refractivity contribution in [1.82, 2.24) is 10.2 Å². The van der Waals surface area contributed by atoms with Gasteiger partial charge in [0.15, 0.2) is 5.78 Å². The Morgan fingerprint density at radius 1 is 1.14 bits per heavy atom. The van der Waals surface area contributed by atoms with E-state index >= 15 is 0 Å². The molecular formula is C29H36F2N2O4. The van der Waals surface area contributed by atoms with Gasteiger partial charge in [0.2, 0.25) is 0 Å². The van der Waals surface area contributed by atoms with Crippen LogP contribution in [0.4, 0.5) is 13.6 Å². The summed E-state index contributed by atoms with van der Waals surface area (Å²) in [4.78, 5) is 27.8. The van der Waals surface area contributed by atoms with Crippen LogP contribution in [-0.2, 0) is 9.53 Å². The molecule has 1 heterocycles. The summed E-state index contributed by atoms with van der Waals surface area (Å²) >= 11 is 0. The molecule has 2 atom stereocenters. The first-order valence-electron chi connectivity index (χ1n) is 12.4. The number of carbonyl (C=O) groups is 2. The number of nitrogens with one attached hydrogen (secondary N) is 1. The van der Waals surface area contributed by atoms with E-state index in [9.17, 15) is 18.4 Å². The van der Waals surface area contributed by atoms with Crippen LogP contribution in [-0.4, -0.2) is 48.6 Å². The maximum Gasteiger partial charge on any atom is 0.408 e. The molecule has 1 N–H and O–H groups in total. The first-order valence-corrected chi connectivity index (χ1v) is 12.4. The van der Waals surface area contributed by atoms with Crippen LogP contribution < -0.4 is 10.1 Å². The number of rotatable bonds is 8. The van der Waals surface area contributed by atoms with Crippen molar-refractivity contribution in [3.8, 4) is 5.75 Å². The zero-order valence-electron chi connectivity index (χ0n) is 22.3. The number of hydrogen-bond acceptors (Lipinski definition) is 5. The number of alkyl carbamates (subject to hydrolysis) is 1. The minimum absolute atomic E-state index is 0.0515. The Hall–Kier alpha value is -3.26. The Labute approximate surface area is 217 Å². The molecule has 1 unspecified atom stereocenters. The SMILES string of the molecule is COc1cccc(C2C=C(c3cc(F)ccc3F)CCN2CC(=O)[C@@H](NC(=O)OC(C)(C)C)C(C)C)c1. The van der Waals surface area contributed by atoms with Gasteiger partial charge in [0.25, 0.3) is 0 Å². The summed E-state index contributed by atoms with van der Waals surface area (Å²) in [5.41, 5.74) is 1.04. The lowest BCUT2D eigenvalue weighted by Gasteiger charge is -2.36. The molecule has 200 valence electrons. The molecule has 1 amide bonds. The van der Waals surface area contributed by atoms with Crippen LogP contribution in [0.5, 0.6) is 5.75 Å². The number of carbonyl (C=O) groups excluding carboxylic acids is 2. The second kappa shape index (κ2) is 11.9. The Morgan fingerprint density at radius 3 is 2.51 bits per heavy atom. The summed E-state index contributed by atoms with van der Waals surface area (Å²) in [5, 5.41) is 2.72. The summed E-state index contributed by atoms with van der Waals surface area (Å²) in [6.45, 7) is 9.49.